The quantitative estimate of drug-likeness (QED) is 0.793. The zero-order valence-electron chi connectivity index (χ0n) is 15.9. The topological polar surface area (TPSA) is 77.3 Å². The third kappa shape index (κ3) is 3.97. The third-order valence-corrected chi connectivity index (χ3v) is 6.05. The van der Waals surface area contributed by atoms with E-state index in [9.17, 15) is 5.26 Å². The fourth-order valence-electron chi connectivity index (χ4n) is 3.26. The lowest BCUT2D eigenvalue weighted by molar-refractivity contribution is 0.0750. The average Bonchev–Trinajstić information content (AvgIpc) is 3.13. The van der Waals surface area contributed by atoms with Crippen LogP contribution in [0.4, 0.5) is 5.69 Å². The van der Waals surface area contributed by atoms with Crippen molar-refractivity contribution >= 4 is 23.0 Å². The van der Waals surface area contributed by atoms with Crippen LogP contribution in [0.1, 0.15) is 5.69 Å². The largest absolute Gasteiger partial charge is 0.462 e. The van der Waals surface area contributed by atoms with Gasteiger partial charge in [-0.15, -0.1) is 0 Å². The molecule has 8 heteroatoms. The Labute approximate surface area is 169 Å². The normalized spacial score (nSPS) is 21.5. The van der Waals surface area contributed by atoms with Crippen molar-refractivity contribution < 1.29 is 4.74 Å². The van der Waals surface area contributed by atoms with E-state index in [1.807, 2.05) is 24.3 Å². The Morgan fingerprint density at radius 1 is 1.32 bits per heavy atom. The van der Waals surface area contributed by atoms with E-state index in [-0.39, 0.29) is 0 Å². The molecule has 1 aromatic carbocycles. The molecule has 1 N–H and O–H groups in total. The molecule has 2 aliphatic rings. The first-order valence-electron chi connectivity index (χ1n) is 9.17. The van der Waals surface area contributed by atoms with E-state index in [4.69, 9.17) is 4.74 Å². The number of rotatable bonds is 4. The second kappa shape index (κ2) is 8.19. The Kier molecular flexibility index (Phi) is 5.48. The smallest absolute Gasteiger partial charge is 0.316 e. The van der Waals surface area contributed by atoms with E-state index in [2.05, 4.69) is 45.2 Å². The van der Waals surface area contributed by atoms with Crippen LogP contribution in [0.25, 0.3) is 5.57 Å². The van der Waals surface area contributed by atoms with E-state index in [0.717, 1.165) is 35.2 Å². The molecule has 0 saturated carbocycles. The van der Waals surface area contributed by atoms with E-state index < -0.39 is 0 Å². The highest BCUT2D eigenvalue weighted by Crippen LogP contribution is 2.43. The lowest BCUT2D eigenvalue weighted by Crippen LogP contribution is -2.52. The van der Waals surface area contributed by atoms with Crippen LogP contribution in [0, 0.1) is 11.3 Å². The molecule has 28 heavy (non-hydrogen) atoms. The zero-order valence-corrected chi connectivity index (χ0v) is 16.7. The van der Waals surface area contributed by atoms with Crippen molar-refractivity contribution in [2.24, 2.45) is 0 Å². The van der Waals surface area contributed by atoms with E-state index in [1.165, 1.54) is 11.8 Å². The molecule has 1 atom stereocenters. The molecule has 0 amide bonds. The van der Waals surface area contributed by atoms with Gasteiger partial charge in [0.25, 0.3) is 0 Å². The van der Waals surface area contributed by atoms with Crippen LogP contribution in [-0.4, -0.2) is 66.1 Å². The summed E-state index contributed by atoms with van der Waals surface area (Å²) >= 11 is 1.54. The number of aromatic nitrogens is 2. The van der Waals surface area contributed by atoms with Crippen molar-refractivity contribution in [2.45, 2.75) is 10.9 Å². The molecule has 144 valence electrons. The fourth-order valence-corrected chi connectivity index (χ4v) is 4.27. The van der Waals surface area contributed by atoms with Crippen LogP contribution in [0.2, 0.25) is 0 Å². The second-order valence-electron chi connectivity index (χ2n) is 6.97. The predicted molar refractivity (Wildman–Crippen MR) is 110 cm³/mol. The first-order chi connectivity index (χ1) is 13.6. The van der Waals surface area contributed by atoms with Crippen molar-refractivity contribution in [1.82, 2.24) is 19.8 Å². The Morgan fingerprint density at radius 3 is 3.00 bits per heavy atom. The second-order valence-corrected chi connectivity index (χ2v) is 8.02. The summed E-state index contributed by atoms with van der Waals surface area (Å²) in [6, 6.07) is 12.6. The van der Waals surface area contributed by atoms with Gasteiger partial charge in [-0.05, 0) is 32.3 Å². The summed E-state index contributed by atoms with van der Waals surface area (Å²) in [4.78, 5) is 14.4. The molecule has 0 spiro atoms. The minimum Gasteiger partial charge on any atom is -0.462 e. The number of likely N-dealkylation sites (N-methyl/N-ethyl adjacent to an activating group) is 2. The van der Waals surface area contributed by atoms with Crippen molar-refractivity contribution in [2.75, 3.05) is 45.7 Å². The number of hydrogen-bond donors (Lipinski definition) is 1. The number of para-hydroxylation sites is 1. The van der Waals surface area contributed by atoms with Gasteiger partial charge >= 0.3 is 6.01 Å². The molecule has 0 radical (unpaired) electrons. The molecule has 0 aliphatic carbocycles. The first kappa shape index (κ1) is 18.7. The monoisotopic (exact) mass is 394 g/mol. The molecule has 2 aromatic rings. The number of benzene rings is 1. The third-order valence-electron chi connectivity index (χ3n) is 4.96. The number of fused-ring (bicyclic) bond motifs is 1. The highest BCUT2D eigenvalue weighted by atomic mass is 32.2. The van der Waals surface area contributed by atoms with Gasteiger partial charge in [0.2, 0.25) is 0 Å². The molecule has 1 aromatic heterocycles. The summed E-state index contributed by atoms with van der Waals surface area (Å²) in [5.41, 5.74) is 2.05. The SMILES string of the molecule is CN1CCN(C)C(COc2nccc(C(C#N)=C3Nc4ccccc4S3)n2)C1. The maximum Gasteiger partial charge on any atom is 0.316 e. The van der Waals surface area contributed by atoms with Gasteiger partial charge < -0.3 is 15.0 Å². The number of ether oxygens (including phenoxy) is 1. The minimum absolute atomic E-state index is 0.293. The molecule has 1 unspecified atom stereocenters. The van der Waals surface area contributed by atoms with Crippen LogP contribution >= 0.6 is 11.8 Å². The zero-order chi connectivity index (χ0) is 19.5. The fraction of sp³-hybridized carbons (Fsp3) is 0.350. The van der Waals surface area contributed by atoms with Crippen molar-refractivity contribution in [1.29, 1.82) is 5.26 Å². The van der Waals surface area contributed by atoms with Crippen molar-refractivity contribution in [3.63, 3.8) is 0 Å². The summed E-state index contributed by atoms with van der Waals surface area (Å²) in [7, 11) is 4.23. The lowest BCUT2D eigenvalue weighted by Gasteiger charge is -2.37. The Bertz CT molecular complexity index is 913. The molecular weight excluding hydrogens is 372 g/mol. The number of anilines is 1. The highest BCUT2D eigenvalue weighted by molar-refractivity contribution is 8.04. The Balaban J connectivity index is 1.50. The number of allylic oxidation sites excluding steroid dienone is 1. The number of nitrogens with one attached hydrogen (secondary N) is 1. The van der Waals surface area contributed by atoms with Crippen LogP contribution in [-0.2, 0) is 0 Å². The van der Waals surface area contributed by atoms with Gasteiger partial charge in [0, 0.05) is 30.7 Å². The van der Waals surface area contributed by atoms with Gasteiger partial charge in [-0.1, -0.05) is 23.9 Å². The maximum absolute atomic E-state index is 9.73. The van der Waals surface area contributed by atoms with Gasteiger partial charge in [-0.2, -0.15) is 10.2 Å². The summed E-state index contributed by atoms with van der Waals surface area (Å²) in [6.07, 6.45) is 1.64. The number of piperazine rings is 1. The molecule has 1 saturated heterocycles. The van der Waals surface area contributed by atoms with Gasteiger partial charge in [0.1, 0.15) is 18.2 Å². The highest BCUT2D eigenvalue weighted by Gasteiger charge is 2.24. The lowest BCUT2D eigenvalue weighted by atomic mass is 10.2. The summed E-state index contributed by atoms with van der Waals surface area (Å²) in [5.74, 6) is 0. The molecule has 2 aliphatic heterocycles. The van der Waals surface area contributed by atoms with Gasteiger partial charge in [-0.3, -0.25) is 4.90 Å². The number of nitriles is 1. The maximum atomic E-state index is 9.73. The van der Waals surface area contributed by atoms with Crippen LogP contribution in [0.5, 0.6) is 6.01 Å². The number of thioether (sulfide) groups is 1. The van der Waals surface area contributed by atoms with Crippen molar-refractivity contribution in [3.8, 4) is 12.1 Å². The van der Waals surface area contributed by atoms with E-state index in [1.54, 1.807) is 12.3 Å². The van der Waals surface area contributed by atoms with Crippen molar-refractivity contribution in [3.05, 3.63) is 47.3 Å². The van der Waals surface area contributed by atoms with Gasteiger partial charge in [0.15, 0.2) is 0 Å². The number of nitrogens with zero attached hydrogens (tertiary/aromatic N) is 5. The molecule has 1 fully saturated rings. The van der Waals surface area contributed by atoms with E-state index >= 15 is 0 Å². The standard InChI is InChI=1S/C20H22N6OS/c1-25-9-10-26(2)14(12-25)13-27-20-22-8-7-16(24-20)15(11-21)19-23-17-5-3-4-6-18(17)28-19/h3-8,14,23H,9-10,12-13H2,1-2H3. The van der Waals surface area contributed by atoms with Crippen LogP contribution in [0.15, 0.2) is 46.5 Å². The van der Waals surface area contributed by atoms with Crippen LogP contribution in [0.3, 0.4) is 0 Å². The molecule has 0 bridgehead atoms. The Hall–Kier alpha value is -2.60. The summed E-state index contributed by atoms with van der Waals surface area (Å²) < 4.78 is 5.87. The molecule has 4 rings (SSSR count). The van der Waals surface area contributed by atoms with E-state index in [0.29, 0.717) is 29.9 Å². The van der Waals surface area contributed by atoms with Crippen LogP contribution < -0.4 is 10.1 Å². The minimum atomic E-state index is 0.293. The molecule has 3 heterocycles. The molecule has 7 nitrogen and oxygen atoms in total. The van der Waals surface area contributed by atoms with Gasteiger partial charge in [-0.25, -0.2) is 4.98 Å². The summed E-state index contributed by atoms with van der Waals surface area (Å²) in [6.45, 7) is 3.54. The first-order valence-corrected chi connectivity index (χ1v) is 9.99. The van der Waals surface area contributed by atoms with Gasteiger partial charge in [0.05, 0.1) is 22.5 Å². The number of hydrogen-bond acceptors (Lipinski definition) is 8. The Morgan fingerprint density at radius 2 is 2.18 bits per heavy atom. The molecular formula is C20H22N6OS. The summed E-state index contributed by atoms with van der Waals surface area (Å²) in [5, 5.41) is 13.8. The predicted octanol–water partition coefficient (Wildman–Crippen LogP) is 2.51. The average molecular weight is 395 g/mol.